The van der Waals surface area contributed by atoms with Gasteiger partial charge in [0.25, 0.3) is 0 Å². The Kier molecular flexibility index (Phi) is 10.6. The Morgan fingerprint density at radius 3 is 1.74 bits per heavy atom. The molecular formula is C39H26F10O. The molecule has 0 fully saturated rings. The lowest BCUT2D eigenvalue weighted by Crippen LogP contribution is -2.25. The fraction of sp³-hybridized carbons (Fsp3) is 0.179. The molecule has 0 aliphatic rings. The summed E-state index contributed by atoms with van der Waals surface area (Å²) in [6.07, 6.45) is -0.636. The Hall–Kier alpha value is -5.24. The lowest BCUT2D eigenvalue weighted by Gasteiger charge is -2.20. The molecule has 0 N–H and O–H groups in total. The summed E-state index contributed by atoms with van der Waals surface area (Å²) < 4.78 is 149. The molecule has 0 unspecified atom stereocenters. The predicted octanol–water partition coefficient (Wildman–Crippen LogP) is 11.7. The van der Waals surface area contributed by atoms with Gasteiger partial charge in [-0.25, -0.2) is 35.1 Å². The second-order valence-corrected chi connectivity index (χ2v) is 11.5. The van der Waals surface area contributed by atoms with Gasteiger partial charge in [-0.15, -0.1) is 0 Å². The summed E-state index contributed by atoms with van der Waals surface area (Å²) in [7, 11) is 0. The topological polar surface area (TPSA) is 9.23 Å². The molecule has 5 rings (SSSR count). The smallest absolute Gasteiger partial charge is 0.429 e. The summed E-state index contributed by atoms with van der Waals surface area (Å²) in [6.45, 7) is 3.75. The van der Waals surface area contributed by atoms with Crippen molar-refractivity contribution in [2.45, 2.75) is 45.6 Å². The first-order valence-corrected chi connectivity index (χ1v) is 15.3. The predicted molar refractivity (Wildman–Crippen MR) is 168 cm³/mol. The minimum absolute atomic E-state index is 0.0242. The molecule has 0 atom stereocenters. The Morgan fingerprint density at radius 1 is 0.600 bits per heavy atom. The second kappa shape index (κ2) is 14.7. The van der Waals surface area contributed by atoms with Gasteiger partial charge in [-0.05, 0) is 84.0 Å². The first-order chi connectivity index (χ1) is 23.7. The van der Waals surface area contributed by atoms with Crippen LogP contribution >= 0.6 is 0 Å². The fourth-order valence-electron chi connectivity index (χ4n) is 5.35. The van der Waals surface area contributed by atoms with Gasteiger partial charge in [0.1, 0.15) is 40.4 Å². The van der Waals surface area contributed by atoms with Crippen molar-refractivity contribution in [2.75, 3.05) is 0 Å². The van der Waals surface area contributed by atoms with E-state index in [-0.39, 0.29) is 35.4 Å². The minimum atomic E-state index is -4.90. The molecule has 0 radical (unpaired) electrons. The van der Waals surface area contributed by atoms with E-state index in [9.17, 15) is 30.7 Å². The molecular weight excluding hydrogens is 674 g/mol. The number of unbranched alkanes of at least 4 members (excludes halogenated alkanes) is 2. The van der Waals surface area contributed by atoms with Crippen LogP contribution in [0.3, 0.4) is 0 Å². The van der Waals surface area contributed by atoms with Crippen molar-refractivity contribution in [3.05, 3.63) is 147 Å². The molecule has 11 heteroatoms. The van der Waals surface area contributed by atoms with Crippen molar-refractivity contribution < 1.29 is 48.6 Å². The quantitative estimate of drug-likeness (QED) is 0.0644. The number of hydrogen-bond acceptors (Lipinski definition) is 1. The average molecular weight is 701 g/mol. The molecule has 0 heterocycles. The zero-order valence-corrected chi connectivity index (χ0v) is 26.4. The van der Waals surface area contributed by atoms with Crippen molar-refractivity contribution in [2.24, 2.45) is 0 Å². The van der Waals surface area contributed by atoms with Crippen molar-refractivity contribution in [1.29, 1.82) is 0 Å². The first kappa shape index (κ1) is 36.1. The summed E-state index contributed by atoms with van der Waals surface area (Å²) in [6, 6.07) is 12.7. The van der Waals surface area contributed by atoms with Crippen LogP contribution in [-0.2, 0) is 12.5 Å². The van der Waals surface area contributed by atoms with Gasteiger partial charge in [0.2, 0.25) is 0 Å². The molecule has 50 heavy (non-hydrogen) atoms. The molecule has 1 nitrogen and oxygen atoms in total. The lowest BCUT2D eigenvalue weighted by atomic mass is 9.97. The van der Waals surface area contributed by atoms with Crippen LogP contribution < -0.4 is 4.74 Å². The van der Waals surface area contributed by atoms with Gasteiger partial charge < -0.3 is 4.74 Å². The van der Waals surface area contributed by atoms with Crippen molar-refractivity contribution in [1.82, 2.24) is 0 Å². The molecule has 5 aromatic carbocycles. The third-order valence-corrected chi connectivity index (χ3v) is 7.84. The third-order valence-electron chi connectivity index (χ3n) is 7.84. The normalized spacial score (nSPS) is 11.4. The van der Waals surface area contributed by atoms with E-state index in [1.54, 1.807) is 13.0 Å². The number of benzene rings is 5. The second-order valence-electron chi connectivity index (χ2n) is 11.5. The summed E-state index contributed by atoms with van der Waals surface area (Å²) in [5.74, 6) is -9.51. The van der Waals surface area contributed by atoms with Crippen LogP contribution in [0.4, 0.5) is 43.9 Å². The average Bonchev–Trinajstić information content (AvgIpc) is 3.02. The van der Waals surface area contributed by atoms with Crippen LogP contribution in [0, 0.1) is 65.3 Å². The van der Waals surface area contributed by atoms with Gasteiger partial charge in [-0.2, -0.15) is 8.78 Å². The Balaban J connectivity index is 1.38. The monoisotopic (exact) mass is 700 g/mol. The largest absolute Gasteiger partial charge is 0.432 e. The molecule has 0 spiro atoms. The van der Waals surface area contributed by atoms with Crippen molar-refractivity contribution in [3.63, 3.8) is 0 Å². The fourth-order valence-corrected chi connectivity index (χ4v) is 5.35. The van der Waals surface area contributed by atoms with Gasteiger partial charge >= 0.3 is 6.11 Å². The number of hydrogen-bond donors (Lipinski definition) is 0. The zero-order chi connectivity index (χ0) is 36.3. The van der Waals surface area contributed by atoms with E-state index < -0.39 is 75.1 Å². The van der Waals surface area contributed by atoms with Gasteiger partial charge in [-0.1, -0.05) is 55.9 Å². The zero-order valence-electron chi connectivity index (χ0n) is 26.4. The highest BCUT2D eigenvalue weighted by molar-refractivity contribution is 5.68. The lowest BCUT2D eigenvalue weighted by molar-refractivity contribution is -0.189. The van der Waals surface area contributed by atoms with Crippen molar-refractivity contribution in [3.8, 4) is 39.8 Å². The molecule has 0 aliphatic carbocycles. The molecule has 5 aromatic rings. The number of alkyl halides is 2. The Morgan fingerprint density at radius 2 is 1.18 bits per heavy atom. The number of rotatable bonds is 9. The Labute approximate surface area is 281 Å². The summed E-state index contributed by atoms with van der Waals surface area (Å²) >= 11 is 0. The highest BCUT2D eigenvalue weighted by Crippen LogP contribution is 2.38. The van der Waals surface area contributed by atoms with Gasteiger partial charge in [-0.3, -0.25) is 0 Å². The summed E-state index contributed by atoms with van der Waals surface area (Å²) in [5.41, 5.74) is -1.11. The van der Waals surface area contributed by atoms with Gasteiger partial charge in [0.05, 0.1) is 11.1 Å². The summed E-state index contributed by atoms with van der Waals surface area (Å²) in [5, 5.41) is 0. The number of aryl methyl sites for hydroxylation is 2. The van der Waals surface area contributed by atoms with E-state index in [1.807, 2.05) is 24.3 Å². The molecule has 0 amide bonds. The van der Waals surface area contributed by atoms with E-state index in [0.29, 0.717) is 23.3 Å². The molecule has 0 aliphatic heterocycles. The summed E-state index contributed by atoms with van der Waals surface area (Å²) in [4.78, 5) is 0. The molecule has 0 saturated heterocycles. The molecule has 0 saturated carbocycles. The SMILES string of the molecule is CCCCCc1ccc(-c2cc(C)c(C#Cc3cc(F)c(-c4cc(F)c(C(F)(F)Oc5cc(F)c(F)c(F)c5)c(F)c4)c(F)c3)c(F)c2)cc1. The van der Waals surface area contributed by atoms with E-state index in [4.69, 9.17) is 0 Å². The van der Waals surface area contributed by atoms with Crippen LogP contribution in [0.1, 0.15) is 54.0 Å². The first-order valence-electron chi connectivity index (χ1n) is 15.3. The number of ether oxygens (including phenoxy) is 1. The molecule has 0 aromatic heterocycles. The van der Waals surface area contributed by atoms with Crippen LogP contribution in [0.5, 0.6) is 5.75 Å². The van der Waals surface area contributed by atoms with Crippen LogP contribution in [0.25, 0.3) is 22.3 Å². The van der Waals surface area contributed by atoms with E-state index in [0.717, 1.165) is 31.2 Å². The standard InChI is InChI=1S/C39H26F10O/c1-3-4-5-6-22-7-10-24(11-8-22)25-13-21(2)28(29(40)16-25)12-9-23-14-30(41)36(31(42)15-23)26-17-32(43)37(33(44)18-26)39(48,49)50-27-19-34(45)38(47)35(46)20-27/h7-8,10-11,13-20H,3-6H2,1-2H3. The highest BCUT2D eigenvalue weighted by atomic mass is 19.3. The minimum Gasteiger partial charge on any atom is -0.429 e. The van der Waals surface area contributed by atoms with Crippen LogP contribution in [0.2, 0.25) is 0 Å². The van der Waals surface area contributed by atoms with Crippen LogP contribution in [0.15, 0.2) is 72.8 Å². The Bertz CT molecular complexity index is 2040. The van der Waals surface area contributed by atoms with Gasteiger partial charge in [0, 0.05) is 17.7 Å². The van der Waals surface area contributed by atoms with Crippen molar-refractivity contribution >= 4 is 0 Å². The third kappa shape index (κ3) is 7.80. The van der Waals surface area contributed by atoms with E-state index in [1.165, 1.54) is 11.6 Å². The highest BCUT2D eigenvalue weighted by Gasteiger charge is 2.42. The van der Waals surface area contributed by atoms with E-state index in [2.05, 4.69) is 23.5 Å². The maximum absolute atomic E-state index is 15.2. The number of halogens is 10. The van der Waals surface area contributed by atoms with E-state index >= 15 is 13.2 Å². The molecule has 0 bridgehead atoms. The van der Waals surface area contributed by atoms with Gasteiger partial charge in [0.15, 0.2) is 17.5 Å². The maximum Gasteiger partial charge on any atom is 0.432 e. The van der Waals surface area contributed by atoms with Crippen LogP contribution in [-0.4, -0.2) is 0 Å². The maximum atomic E-state index is 15.2. The molecule has 258 valence electrons.